The Morgan fingerprint density at radius 3 is 2.50 bits per heavy atom. The van der Waals surface area contributed by atoms with Crippen LogP contribution in [0.1, 0.15) is 11.1 Å². The number of aliphatic hydroxyl groups is 1. The molecule has 0 radical (unpaired) electrons. The number of aryl methyl sites for hydroxylation is 1. The zero-order valence-electron chi connectivity index (χ0n) is 17.0. The summed E-state index contributed by atoms with van der Waals surface area (Å²) in [6.45, 7) is 2.30. The summed E-state index contributed by atoms with van der Waals surface area (Å²) in [4.78, 5) is 28.5. The second kappa shape index (κ2) is 9.32. The summed E-state index contributed by atoms with van der Waals surface area (Å²) in [5.74, 6) is 0.732. The third-order valence-electron chi connectivity index (χ3n) is 4.79. The van der Waals surface area contributed by atoms with E-state index in [0.717, 1.165) is 11.1 Å². The van der Waals surface area contributed by atoms with Crippen LogP contribution in [0.4, 0.5) is 11.5 Å². The van der Waals surface area contributed by atoms with Crippen LogP contribution in [0.15, 0.2) is 64.2 Å². The number of hydrogen-bond donors (Lipinski definition) is 3. The molecular weight excluding hydrogens is 384 g/mol. The molecule has 0 aliphatic carbocycles. The van der Waals surface area contributed by atoms with E-state index in [0.29, 0.717) is 5.75 Å². The van der Waals surface area contributed by atoms with Crippen LogP contribution in [-0.2, 0) is 6.54 Å². The number of para-hydroxylation sites is 1. The van der Waals surface area contributed by atoms with Crippen molar-refractivity contribution in [3.05, 3.63) is 86.6 Å². The molecule has 0 spiro atoms. The van der Waals surface area contributed by atoms with E-state index < -0.39 is 17.4 Å². The molecule has 0 amide bonds. The van der Waals surface area contributed by atoms with Gasteiger partial charge in [-0.3, -0.25) is 14.3 Å². The number of aromatic nitrogens is 2. The molecule has 0 saturated heterocycles. The minimum absolute atomic E-state index is 0.0436. The molecule has 3 rings (SSSR count). The Hall–Kier alpha value is -3.52. The normalized spacial score (nSPS) is 11.8. The largest absolute Gasteiger partial charge is 0.491 e. The number of nitrogens with zero attached hydrogens (tertiary/aromatic N) is 2. The number of nitrogen functional groups attached to an aromatic ring is 1. The zero-order chi connectivity index (χ0) is 21.7. The van der Waals surface area contributed by atoms with Gasteiger partial charge in [0.15, 0.2) is 0 Å². The van der Waals surface area contributed by atoms with E-state index in [1.54, 1.807) is 7.05 Å². The molecule has 0 saturated carbocycles. The predicted molar refractivity (Wildman–Crippen MR) is 117 cm³/mol. The van der Waals surface area contributed by atoms with Gasteiger partial charge in [0, 0.05) is 13.6 Å². The molecular formula is C22H26N4O4. The van der Waals surface area contributed by atoms with E-state index >= 15 is 0 Å². The van der Waals surface area contributed by atoms with E-state index in [1.165, 1.54) is 9.47 Å². The summed E-state index contributed by atoms with van der Waals surface area (Å²) < 4.78 is 6.97. The van der Waals surface area contributed by atoms with E-state index in [4.69, 9.17) is 10.5 Å². The van der Waals surface area contributed by atoms with Crippen molar-refractivity contribution in [3.8, 4) is 5.75 Å². The fourth-order valence-electron chi connectivity index (χ4n) is 3.23. The number of H-pyrrole nitrogens is 1. The molecule has 2 aromatic carbocycles. The van der Waals surface area contributed by atoms with E-state index in [1.807, 2.05) is 61.5 Å². The third-order valence-corrected chi connectivity index (χ3v) is 4.79. The molecule has 30 heavy (non-hydrogen) atoms. The van der Waals surface area contributed by atoms with Crippen LogP contribution in [-0.4, -0.2) is 41.0 Å². The molecule has 1 heterocycles. The lowest BCUT2D eigenvalue weighted by atomic mass is 10.2. The minimum atomic E-state index is -0.872. The molecule has 8 heteroatoms. The van der Waals surface area contributed by atoms with Gasteiger partial charge >= 0.3 is 5.69 Å². The lowest BCUT2D eigenvalue weighted by Crippen LogP contribution is -2.40. The molecule has 1 unspecified atom stereocenters. The molecule has 8 nitrogen and oxygen atoms in total. The summed E-state index contributed by atoms with van der Waals surface area (Å²) in [6, 6.07) is 16.9. The van der Waals surface area contributed by atoms with E-state index in [2.05, 4.69) is 4.98 Å². The highest BCUT2D eigenvalue weighted by Crippen LogP contribution is 2.18. The van der Waals surface area contributed by atoms with Crippen molar-refractivity contribution in [1.29, 1.82) is 0 Å². The topological polar surface area (TPSA) is 114 Å². The summed E-state index contributed by atoms with van der Waals surface area (Å²) in [5.41, 5.74) is 6.96. The molecule has 1 atom stereocenters. The first-order chi connectivity index (χ1) is 14.4. The van der Waals surface area contributed by atoms with Gasteiger partial charge < -0.3 is 20.5 Å². The lowest BCUT2D eigenvalue weighted by Gasteiger charge is -2.24. The fraction of sp³-hybridized carbons (Fsp3) is 0.273. The number of benzene rings is 2. The minimum Gasteiger partial charge on any atom is -0.491 e. The van der Waals surface area contributed by atoms with Gasteiger partial charge in [-0.15, -0.1) is 0 Å². The first-order valence-electron chi connectivity index (χ1n) is 9.61. The van der Waals surface area contributed by atoms with Gasteiger partial charge in [0.05, 0.1) is 6.54 Å². The van der Waals surface area contributed by atoms with Crippen molar-refractivity contribution < 1.29 is 9.84 Å². The summed E-state index contributed by atoms with van der Waals surface area (Å²) >= 11 is 0. The van der Waals surface area contributed by atoms with Crippen LogP contribution in [0.5, 0.6) is 5.75 Å². The average molecular weight is 410 g/mol. The van der Waals surface area contributed by atoms with E-state index in [9.17, 15) is 14.7 Å². The highest BCUT2D eigenvalue weighted by molar-refractivity contribution is 5.62. The molecule has 0 bridgehead atoms. The number of aliphatic hydroxyl groups excluding tert-OH is 1. The molecule has 0 aliphatic heterocycles. The highest BCUT2D eigenvalue weighted by atomic mass is 16.5. The van der Waals surface area contributed by atoms with Crippen LogP contribution in [0.25, 0.3) is 0 Å². The number of ether oxygens (including phenoxy) is 1. The molecule has 1 aromatic heterocycles. The van der Waals surface area contributed by atoms with Gasteiger partial charge in [0.1, 0.15) is 30.0 Å². The summed E-state index contributed by atoms with van der Waals surface area (Å²) in [6.07, 6.45) is -0.872. The third kappa shape index (κ3) is 4.90. The van der Waals surface area contributed by atoms with Crippen molar-refractivity contribution in [2.75, 3.05) is 30.8 Å². The Labute approximate surface area is 174 Å². The average Bonchev–Trinajstić information content (AvgIpc) is 2.71. The number of rotatable bonds is 8. The van der Waals surface area contributed by atoms with Crippen LogP contribution >= 0.6 is 0 Å². The lowest BCUT2D eigenvalue weighted by molar-refractivity contribution is 0.113. The second-order valence-corrected chi connectivity index (χ2v) is 7.18. The number of likely N-dealkylation sites (N-methyl/N-ethyl adjacent to an activating group) is 1. The Morgan fingerprint density at radius 1 is 1.13 bits per heavy atom. The maximum absolute atomic E-state index is 12.4. The first-order valence-corrected chi connectivity index (χ1v) is 9.61. The number of aromatic amines is 1. The Bertz CT molecular complexity index is 1110. The molecule has 0 fully saturated rings. The fourth-order valence-corrected chi connectivity index (χ4v) is 3.23. The molecule has 0 aliphatic rings. The van der Waals surface area contributed by atoms with Crippen molar-refractivity contribution in [3.63, 3.8) is 0 Å². The van der Waals surface area contributed by atoms with E-state index in [-0.39, 0.29) is 31.2 Å². The monoisotopic (exact) mass is 410 g/mol. The molecule has 3 aromatic rings. The van der Waals surface area contributed by atoms with Crippen molar-refractivity contribution in [2.24, 2.45) is 0 Å². The first kappa shape index (κ1) is 21.2. The van der Waals surface area contributed by atoms with Gasteiger partial charge in [-0.2, -0.15) is 0 Å². The molecule has 4 N–H and O–H groups in total. The Balaban J connectivity index is 1.75. The van der Waals surface area contributed by atoms with Gasteiger partial charge in [-0.1, -0.05) is 48.5 Å². The number of nitrogens with one attached hydrogen (secondary N) is 1. The number of hydrogen-bond acceptors (Lipinski definition) is 6. The van der Waals surface area contributed by atoms with Crippen LogP contribution in [0.2, 0.25) is 0 Å². The summed E-state index contributed by atoms with van der Waals surface area (Å²) in [5, 5.41) is 10.4. The second-order valence-electron chi connectivity index (χ2n) is 7.18. The number of nitrogens with two attached hydrogens (primary N) is 1. The quantitative estimate of drug-likeness (QED) is 0.517. The SMILES string of the molecule is Cc1ccccc1OCC(O)CN(C)c1c(N)n(Cc2ccccc2)c(=O)[nH]c1=O. The maximum atomic E-state index is 12.4. The van der Waals surface area contributed by atoms with Gasteiger partial charge in [0.2, 0.25) is 0 Å². The summed E-state index contributed by atoms with van der Waals surface area (Å²) in [7, 11) is 1.63. The van der Waals surface area contributed by atoms with Crippen molar-refractivity contribution in [2.45, 2.75) is 19.6 Å². The van der Waals surface area contributed by atoms with Gasteiger partial charge in [-0.05, 0) is 24.1 Å². The predicted octanol–water partition coefficient (Wildman–Crippen LogP) is 1.35. The Morgan fingerprint density at radius 2 is 1.80 bits per heavy atom. The van der Waals surface area contributed by atoms with Crippen molar-refractivity contribution in [1.82, 2.24) is 9.55 Å². The smallest absolute Gasteiger partial charge is 0.330 e. The van der Waals surface area contributed by atoms with Gasteiger partial charge in [-0.25, -0.2) is 4.79 Å². The van der Waals surface area contributed by atoms with Crippen molar-refractivity contribution >= 4 is 11.5 Å². The maximum Gasteiger partial charge on any atom is 0.330 e. The van der Waals surface area contributed by atoms with Gasteiger partial charge in [0.25, 0.3) is 5.56 Å². The molecule has 158 valence electrons. The van der Waals surface area contributed by atoms with Crippen LogP contribution < -0.4 is 26.6 Å². The standard InChI is InChI=1S/C22H26N4O4/c1-15-8-6-7-11-18(15)30-14-17(27)13-25(2)19-20(23)26(22(29)24-21(19)28)12-16-9-4-3-5-10-16/h3-11,17,27H,12-14,23H2,1-2H3,(H,24,28,29). The van der Waals surface area contributed by atoms with Crippen LogP contribution in [0.3, 0.4) is 0 Å². The Kier molecular flexibility index (Phi) is 6.58. The zero-order valence-corrected chi connectivity index (χ0v) is 17.0. The van der Waals surface area contributed by atoms with Crippen LogP contribution in [0, 0.1) is 6.92 Å². The highest BCUT2D eigenvalue weighted by Gasteiger charge is 2.19. The number of anilines is 2.